The van der Waals surface area contributed by atoms with Crippen molar-refractivity contribution in [2.75, 3.05) is 33.2 Å². The number of likely N-dealkylation sites (N-methyl/N-ethyl adjacent to an activating group) is 1. The summed E-state index contributed by atoms with van der Waals surface area (Å²) in [6.07, 6.45) is 0. The number of hydrogen-bond acceptors (Lipinski definition) is 1. The first-order valence-electron chi connectivity index (χ1n) is 7.40. The predicted molar refractivity (Wildman–Crippen MR) is 80.3 cm³/mol. The van der Waals surface area contributed by atoms with Gasteiger partial charge in [0.2, 0.25) is 0 Å². The smallest absolute Gasteiger partial charge is 0.198 e. The molecule has 1 aliphatic heterocycles. The lowest BCUT2D eigenvalue weighted by Gasteiger charge is -2.27. The number of hydrogen-bond donors (Lipinski definition) is 3. The minimum Gasteiger partial charge on any atom is -0.358 e. The van der Waals surface area contributed by atoms with Gasteiger partial charge in [-0.25, -0.2) is 0 Å². The first-order chi connectivity index (χ1) is 9.65. The molecule has 0 bridgehead atoms. The van der Waals surface area contributed by atoms with Crippen molar-refractivity contribution in [3.63, 3.8) is 0 Å². The minimum atomic E-state index is 0.204. The molecule has 0 saturated carbocycles. The van der Waals surface area contributed by atoms with E-state index in [1.807, 2.05) is 31.2 Å². The van der Waals surface area contributed by atoms with Gasteiger partial charge in [0.05, 0.1) is 12.6 Å². The highest BCUT2D eigenvalue weighted by Gasteiger charge is 2.22. The maximum absolute atomic E-state index is 12.6. The zero-order chi connectivity index (χ0) is 14.1. The van der Waals surface area contributed by atoms with Crippen molar-refractivity contribution in [2.45, 2.75) is 13.5 Å². The third kappa shape index (κ3) is 2.49. The Kier molecular flexibility index (Phi) is 3.59. The molecule has 2 aromatic rings. The highest BCUT2D eigenvalue weighted by molar-refractivity contribution is 5.79. The molecule has 106 valence electrons. The molecule has 2 heterocycles. The second-order valence-electron chi connectivity index (χ2n) is 5.99. The lowest BCUT2D eigenvalue weighted by atomic mass is 10.1. The average Bonchev–Trinajstić information content (AvgIpc) is 2.45. The van der Waals surface area contributed by atoms with Gasteiger partial charge < -0.3 is 14.8 Å². The largest absolute Gasteiger partial charge is 0.358 e. The van der Waals surface area contributed by atoms with Crippen molar-refractivity contribution in [2.24, 2.45) is 0 Å². The molecule has 0 atom stereocenters. The fourth-order valence-corrected chi connectivity index (χ4v) is 3.07. The van der Waals surface area contributed by atoms with Crippen molar-refractivity contribution in [1.29, 1.82) is 0 Å². The second-order valence-corrected chi connectivity index (χ2v) is 5.99. The molecule has 3 rings (SSSR count). The number of aromatic amines is 1. The monoisotopic (exact) mass is 273 g/mol. The molecule has 1 fully saturated rings. The van der Waals surface area contributed by atoms with Crippen molar-refractivity contribution >= 4 is 10.9 Å². The number of piperazine rings is 1. The fourth-order valence-electron chi connectivity index (χ4n) is 3.07. The summed E-state index contributed by atoms with van der Waals surface area (Å²) in [5.74, 6) is 0. The first kappa shape index (κ1) is 13.3. The van der Waals surface area contributed by atoms with Crippen LogP contribution in [-0.4, -0.2) is 38.2 Å². The van der Waals surface area contributed by atoms with E-state index >= 15 is 0 Å². The Bertz CT molecular complexity index is 669. The molecule has 0 unspecified atom stereocenters. The summed E-state index contributed by atoms with van der Waals surface area (Å²) in [4.78, 5) is 19.2. The van der Waals surface area contributed by atoms with Crippen LogP contribution in [0.4, 0.5) is 0 Å². The van der Waals surface area contributed by atoms with Gasteiger partial charge in [0, 0.05) is 16.6 Å². The Morgan fingerprint density at radius 2 is 1.85 bits per heavy atom. The van der Waals surface area contributed by atoms with Crippen LogP contribution in [0.15, 0.2) is 29.1 Å². The van der Waals surface area contributed by atoms with Crippen LogP contribution >= 0.6 is 0 Å². The summed E-state index contributed by atoms with van der Waals surface area (Å²) in [6.45, 7) is 7.55. The lowest BCUT2D eigenvalue weighted by Crippen LogP contribution is -3.26. The summed E-state index contributed by atoms with van der Waals surface area (Å²) < 4.78 is 0. The van der Waals surface area contributed by atoms with Crippen molar-refractivity contribution < 1.29 is 9.80 Å². The molecular weight excluding hydrogens is 250 g/mol. The van der Waals surface area contributed by atoms with E-state index in [1.165, 1.54) is 18.0 Å². The van der Waals surface area contributed by atoms with Crippen LogP contribution in [0.5, 0.6) is 0 Å². The number of pyridine rings is 1. The number of nitrogens with one attached hydrogen (secondary N) is 3. The van der Waals surface area contributed by atoms with Gasteiger partial charge in [-0.05, 0) is 19.1 Å². The highest BCUT2D eigenvalue weighted by atomic mass is 16.1. The third-order valence-corrected chi connectivity index (χ3v) is 4.46. The molecule has 0 amide bonds. The van der Waals surface area contributed by atoms with E-state index in [1.54, 1.807) is 4.90 Å². The Labute approximate surface area is 119 Å². The Morgan fingerprint density at radius 1 is 1.15 bits per heavy atom. The molecular formula is C16H23N3O+2. The number of para-hydroxylation sites is 1. The molecule has 1 saturated heterocycles. The van der Waals surface area contributed by atoms with E-state index in [9.17, 15) is 4.79 Å². The predicted octanol–water partition coefficient (Wildman–Crippen LogP) is -1.25. The standard InChI is InChI=1S/C16H21N3O/c1-12-14(11-19-9-7-18(2)8-10-19)16(20)13-5-3-4-6-15(13)17-12/h3-6H,7-11H2,1-2H3,(H,17,20)/p+2. The number of H-pyrrole nitrogens is 1. The number of rotatable bonds is 2. The Hall–Kier alpha value is -1.65. The quantitative estimate of drug-likeness (QED) is 0.629. The van der Waals surface area contributed by atoms with Crippen LogP contribution in [0.2, 0.25) is 0 Å². The van der Waals surface area contributed by atoms with Gasteiger partial charge in [-0.3, -0.25) is 4.79 Å². The van der Waals surface area contributed by atoms with Gasteiger partial charge in [-0.1, -0.05) is 12.1 Å². The number of quaternary nitrogens is 2. The SMILES string of the molecule is Cc1[nH]c2ccccc2c(=O)c1C[NH+]1CC[NH+](C)CC1. The summed E-state index contributed by atoms with van der Waals surface area (Å²) in [7, 11) is 2.24. The molecule has 1 aromatic heterocycles. The van der Waals surface area contributed by atoms with Gasteiger partial charge in [-0.15, -0.1) is 0 Å². The molecule has 4 heteroatoms. The number of aromatic nitrogens is 1. The van der Waals surface area contributed by atoms with Gasteiger partial charge in [0.25, 0.3) is 0 Å². The Morgan fingerprint density at radius 3 is 2.60 bits per heavy atom. The van der Waals surface area contributed by atoms with Gasteiger partial charge in [0.1, 0.15) is 32.7 Å². The van der Waals surface area contributed by atoms with E-state index in [4.69, 9.17) is 0 Å². The highest BCUT2D eigenvalue weighted by Crippen LogP contribution is 2.09. The minimum absolute atomic E-state index is 0.204. The molecule has 1 aromatic carbocycles. The van der Waals surface area contributed by atoms with Crippen LogP contribution in [0.1, 0.15) is 11.3 Å². The topological polar surface area (TPSA) is 41.7 Å². The van der Waals surface area contributed by atoms with E-state index in [2.05, 4.69) is 12.0 Å². The van der Waals surface area contributed by atoms with Crippen LogP contribution in [-0.2, 0) is 6.54 Å². The van der Waals surface area contributed by atoms with Crippen molar-refractivity contribution in [3.05, 3.63) is 45.7 Å². The first-order valence-corrected chi connectivity index (χ1v) is 7.40. The maximum atomic E-state index is 12.6. The Balaban J connectivity index is 1.93. The normalized spacial score (nSPS) is 23.1. The zero-order valence-corrected chi connectivity index (χ0v) is 12.3. The van der Waals surface area contributed by atoms with Crippen LogP contribution in [0.3, 0.4) is 0 Å². The molecule has 1 aliphatic rings. The van der Waals surface area contributed by atoms with E-state index in [0.29, 0.717) is 0 Å². The molecule has 3 N–H and O–H groups in total. The summed E-state index contributed by atoms with van der Waals surface area (Å²) in [5.41, 5.74) is 3.12. The molecule has 20 heavy (non-hydrogen) atoms. The summed E-state index contributed by atoms with van der Waals surface area (Å²) >= 11 is 0. The molecule has 0 spiro atoms. The third-order valence-electron chi connectivity index (χ3n) is 4.46. The zero-order valence-electron chi connectivity index (χ0n) is 12.3. The number of aryl methyl sites for hydroxylation is 1. The maximum Gasteiger partial charge on any atom is 0.198 e. The van der Waals surface area contributed by atoms with Crippen LogP contribution < -0.4 is 15.2 Å². The fraction of sp³-hybridized carbons (Fsp3) is 0.438. The second kappa shape index (κ2) is 5.38. The molecule has 4 nitrogen and oxygen atoms in total. The van der Waals surface area contributed by atoms with E-state index < -0.39 is 0 Å². The van der Waals surface area contributed by atoms with Gasteiger partial charge >= 0.3 is 0 Å². The van der Waals surface area contributed by atoms with Crippen LogP contribution in [0.25, 0.3) is 10.9 Å². The number of benzene rings is 1. The summed E-state index contributed by atoms with van der Waals surface area (Å²) in [6, 6.07) is 7.79. The van der Waals surface area contributed by atoms with E-state index in [-0.39, 0.29) is 5.43 Å². The van der Waals surface area contributed by atoms with Crippen molar-refractivity contribution in [3.8, 4) is 0 Å². The van der Waals surface area contributed by atoms with Crippen LogP contribution in [0, 0.1) is 6.92 Å². The van der Waals surface area contributed by atoms with Crippen molar-refractivity contribution in [1.82, 2.24) is 4.98 Å². The average molecular weight is 273 g/mol. The lowest BCUT2D eigenvalue weighted by molar-refractivity contribution is -1.01. The van der Waals surface area contributed by atoms with E-state index in [0.717, 1.165) is 41.8 Å². The molecule has 0 aliphatic carbocycles. The van der Waals surface area contributed by atoms with Gasteiger partial charge in [0.15, 0.2) is 5.43 Å². The molecule has 0 radical (unpaired) electrons. The van der Waals surface area contributed by atoms with Gasteiger partial charge in [-0.2, -0.15) is 0 Å². The number of fused-ring (bicyclic) bond motifs is 1. The summed E-state index contributed by atoms with van der Waals surface area (Å²) in [5, 5.41) is 0.812.